The predicted octanol–water partition coefficient (Wildman–Crippen LogP) is 1.44. The van der Waals surface area contributed by atoms with Crippen LogP contribution in [0.4, 0.5) is 8.78 Å². The van der Waals surface area contributed by atoms with E-state index in [0.29, 0.717) is 5.69 Å². The van der Waals surface area contributed by atoms with Gasteiger partial charge in [-0.1, -0.05) is 12.1 Å². The van der Waals surface area contributed by atoms with Crippen molar-refractivity contribution in [1.29, 1.82) is 0 Å². The minimum atomic E-state index is -0.935. The number of benzene rings is 1. The van der Waals surface area contributed by atoms with Gasteiger partial charge in [0.2, 0.25) is 0 Å². The Kier molecular flexibility index (Phi) is 2.66. The van der Waals surface area contributed by atoms with Gasteiger partial charge in [-0.3, -0.25) is 0 Å². The molecular formula is C10H10F2N4. The molecule has 1 aromatic heterocycles. The maximum absolute atomic E-state index is 13.6. The SMILES string of the molecule is Cc1ccc(C(N)c2cn[nH]n2)c(F)c1F. The number of H-pyrrole nitrogens is 1. The summed E-state index contributed by atoms with van der Waals surface area (Å²) >= 11 is 0. The molecule has 0 saturated heterocycles. The lowest BCUT2D eigenvalue weighted by molar-refractivity contribution is 0.488. The van der Waals surface area contributed by atoms with Gasteiger partial charge in [-0.15, -0.1) is 0 Å². The molecule has 1 atom stereocenters. The van der Waals surface area contributed by atoms with E-state index in [4.69, 9.17) is 5.73 Å². The molecule has 2 rings (SSSR count). The fourth-order valence-electron chi connectivity index (χ4n) is 1.42. The van der Waals surface area contributed by atoms with Crippen molar-refractivity contribution in [2.45, 2.75) is 13.0 Å². The largest absolute Gasteiger partial charge is 0.319 e. The van der Waals surface area contributed by atoms with Gasteiger partial charge in [0.1, 0.15) is 5.69 Å². The van der Waals surface area contributed by atoms with E-state index in [0.717, 1.165) is 0 Å². The molecule has 0 aliphatic heterocycles. The molecule has 0 radical (unpaired) electrons. The summed E-state index contributed by atoms with van der Waals surface area (Å²) in [6.45, 7) is 1.49. The maximum atomic E-state index is 13.6. The predicted molar refractivity (Wildman–Crippen MR) is 53.5 cm³/mol. The van der Waals surface area contributed by atoms with Crippen LogP contribution >= 0.6 is 0 Å². The van der Waals surface area contributed by atoms with Gasteiger partial charge in [-0.25, -0.2) is 8.78 Å². The number of aromatic nitrogens is 3. The molecule has 4 nitrogen and oxygen atoms in total. The molecule has 1 heterocycles. The zero-order valence-corrected chi connectivity index (χ0v) is 8.54. The Hall–Kier alpha value is -1.82. The summed E-state index contributed by atoms with van der Waals surface area (Å²) in [6, 6.07) is 2.11. The summed E-state index contributed by atoms with van der Waals surface area (Å²) in [5.41, 5.74) is 6.43. The Morgan fingerprint density at radius 3 is 2.69 bits per heavy atom. The Labute approximate surface area is 90.5 Å². The highest BCUT2D eigenvalue weighted by atomic mass is 19.2. The van der Waals surface area contributed by atoms with Crippen molar-refractivity contribution in [2.24, 2.45) is 5.73 Å². The van der Waals surface area contributed by atoms with Gasteiger partial charge < -0.3 is 5.73 Å². The van der Waals surface area contributed by atoms with Gasteiger partial charge in [0.25, 0.3) is 0 Å². The number of nitrogens with zero attached hydrogens (tertiary/aromatic N) is 2. The van der Waals surface area contributed by atoms with Crippen LogP contribution in [0, 0.1) is 18.6 Å². The molecular weight excluding hydrogens is 214 g/mol. The topological polar surface area (TPSA) is 67.6 Å². The van der Waals surface area contributed by atoms with Crippen LogP contribution < -0.4 is 5.73 Å². The minimum Gasteiger partial charge on any atom is -0.319 e. The maximum Gasteiger partial charge on any atom is 0.164 e. The van der Waals surface area contributed by atoms with E-state index in [1.54, 1.807) is 0 Å². The molecule has 0 spiro atoms. The quantitative estimate of drug-likeness (QED) is 0.811. The second-order valence-electron chi connectivity index (χ2n) is 3.47. The standard InChI is InChI=1S/C10H10F2N4/c1-5-2-3-6(9(12)8(5)11)10(13)7-4-14-16-15-7/h2-4,10H,13H2,1H3,(H,14,15,16). The first-order valence-corrected chi connectivity index (χ1v) is 4.67. The fourth-order valence-corrected chi connectivity index (χ4v) is 1.42. The first kappa shape index (κ1) is 10.7. The summed E-state index contributed by atoms with van der Waals surface area (Å²) in [6.07, 6.45) is 1.38. The van der Waals surface area contributed by atoms with E-state index < -0.39 is 17.7 Å². The molecule has 3 N–H and O–H groups in total. The van der Waals surface area contributed by atoms with Crippen LogP contribution in [-0.4, -0.2) is 15.4 Å². The molecule has 0 bridgehead atoms. The Balaban J connectivity index is 2.45. The van der Waals surface area contributed by atoms with Crippen molar-refractivity contribution < 1.29 is 8.78 Å². The molecule has 2 aromatic rings. The number of rotatable bonds is 2. The number of nitrogens with one attached hydrogen (secondary N) is 1. The van der Waals surface area contributed by atoms with Crippen molar-refractivity contribution in [3.8, 4) is 0 Å². The second kappa shape index (κ2) is 3.97. The molecule has 1 aromatic carbocycles. The molecule has 0 aliphatic rings. The van der Waals surface area contributed by atoms with E-state index >= 15 is 0 Å². The van der Waals surface area contributed by atoms with E-state index in [-0.39, 0.29) is 11.1 Å². The molecule has 84 valence electrons. The third kappa shape index (κ3) is 1.67. The third-order valence-electron chi connectivity index (χ3n) is 2.39. The van der Waals surface area contributed by atoms with Gasteiger partial charge in [-0.2, -0.15) is 15.4 Å². The van der Waals surface area contributed by atoms with Crippen molar-refractivity contribution >= 4 is 0 Å². The summed E-state index contributed by atoms with van der Waals surface area (Å²) < 4.78 is 26.9. The monoisotopic (exact) mass is 224 g/mol. The second-order valence-corrected chi connectivity index (χ2v) is 3.47. The van der Waals surface area contributed by atoms with E-state index in [1.165, 1.54) is 25.3 Å². The van der Waals surface area contributed by atoms with Crippen LogP contribution in [0.25, 0.3) is 0 Å². The molecule has 16 heavy (non-hydrogen) atoms. The zero-order chi connectivity index (χ0) is 11.7. The van der Waals surface area contributed by atoms with Crippen LogP contribution in [0.1, 0.15) is 22.9 Å². The molecule has 6 heteroatoms. The zero-order valence-electron chi connectivity index (χ0n) is 8.54. The van der Waals surface area contributed by atoms with Crippen LogP contribution in [0.3, 0.4) is 0 Å². The fraction of sp³-hybridized carbons (Fsp3) is 0.200. The first-order valence-electron chi connectivity index (χ1n) is 4.67. The van der Waals surface area contributed by atoms with Gasteiger partial charge >= 0.3 is 0 Å². The Morgan fingerprint density at radius 2 is 2.06 bits per heavy atom. The van der Waals surface area contributed by atoms with Gasteiger partial charge in [0.05, 0.1) is 12.2 Å². The average Bonchev–Trinajstić information content (AvgIpc) is 2.79. The summed E-state index contributed by atoms with van der Waals surface area (Å²) in [5, 5.41) is 9.67. The number of aryl methyl sites for hydroxylation is 1. The van der Waals surface area contributed by atoms with E-state index in [9.17, 15) is 8.78 Å². The first-order chi connectivity index (χ1) is 7.61. The number of hydrogen-bond acceptors (Lipinski definition) is 3. The highest BCUT2D eigenvalue weighted by Gasteiger charge is 2.19. The van der Waals surface area contributed by atoms with Gasteiger partial charge in [-0.05, 0) is 12.5 Å². The number of hydrogen-bond donors (Lipinski definition) is 2. The molecule has 0 amide bonds. The smallest absolute Gasteiger partial charge is 0.164 e. The Bertz CT molecular complexity index is 496. The lowest BCUT2D eigenvalue weighted by atomic mass is 10.0. The van der Waals surface area contributed by atoms with Crippen LogP contribution in [0.2, 0.25) is 0 Å². The molecule has 1 unspecified atom stereocenters. The van der Waals surface area contributed by atoms with Gasteiger partial charge in [0, 0.05) is 5.56 Å². The highest BCUT2D eigenvalue weighted by Crippen LogP contribution is 2.23. The Morgan fingerprint density at radius 1 is 1.31 bits per heavy atom. The highest BCUT2D eigenvalue weighted by molar-refractivity contribution is 5.31. The van der Waals surface area contributed by atoms with Gasteiger partial charge in [0.15, 0.2) is 11.6 Å². The van der Waals surface area contributed by atoms with Crippen molar-refractivity contribution in [2.75, 3.05) is 0 Å². The van der Waals surface area contributed by atoms with Crippen LogP contribution in [-0.2, 0) is 0 Å². The van der Waals surface area contributed by atoms with Crippen LogP contribution in [0.5, 0.6) is 0 Å². The summed E-state index contributed by atoms with van der Waals surface area (Å²) in [7, 11) is 0. The molecule has 0 fully saturated rings. The minimum absolute atomic E-state index is 0.0667. The van der Waals surface area contributed by atoms with Crippen molar-refractivity contribution in [1.82, 2.24) is 15.4 Å². The molecule has 0 saturated carbocycles. The lowest BCUT2D eigenvalue weighted by Crippen LogP contribution is -2.15. The lowest BCUT2D eigenvalue weighted by Gasteiger charge is -2.11. The van der Waals surface area contributed by atoms with E-state index in [1.807, 2.05) is 0 Å². The summed E-state index contributed by atoms with van der Waals surface area (Å²) in [4.78, 5) is 0. The normalized spacial score (nSPS) is 12.8. The number of aromatic amines is 1. The summed E-state index contributed by atoms with van der Waals surface area (Å²) in [5.74, 6) is -1.81. The average molecular weight is 224 g/mol. The van der Waals surface area contributed by atoms with Crippen LogP contribution in [0.15, 0.2) is 18.3 Å². The third-order valence-corrected chi connectivity index (χ3v) is 2.39. The van der Waals surface area contributed by atoms with E-state index in [2.05, 4.69) is 15.4 Å². The molecule has 0 aliphatic carbocycles. The number of halogens is 2. The van der Waals surface area contributed by atoms with Crippen molar-refractivity contribution in [3.05, 3.63) is 46.8 Å². The number of nitrogens with two attached hydrogens (primary N) is 1. The van der Waals surface area contributed by atoms with Crippen molar-refractivity contribution in [3.63, 3.8) is 0 Å².